The van der Waals surface area contributed by atoms with E-state index in [1.165, 1.54) is 22.2 Å². The number of hydrogen-bond acceptors (Lipinski definition) is 7. The first-order valence-corrected chi connectivity index (χ1v) is 8.60. The van der Waals surface area contributed by atoms with Gasteiger partial charge in [0.1, 0.15) is 18.1 Å². The molecular weight excluding hydrogens is 314 g/mol. The van der Waals surface area contributed by atoms with E-state index in [-0.39, 0.29) is 11.9 Å². The minimum Gasteiger partial charge on any atom is -0.492 e. The third kappa shape index (κ3) is 2.52. The minimum atomic E-state index is -0.0995. The molecule has 1 atom stereocenters. The largest absolute Gasteiger partial charge is 0.492 e. The van der Waals surface area contributed by atoms with E-state index in [9.17, 15) is 5.11 Å². The van der Waals surface area contributed by atoms with Gasteiger partial charge in [-0.15, -0.1) is 0 Å². The van der Waals surface area contributed by atoms with Gasteiger partial charge in [0.25, 0.3) is 0 Å². The number of rotatable bonds is 4. The molecule has 0 radical (unpaired) electrons. The van der Waals surface area contributed by atoms with Gasteiger partial charge in [0.15, 0.2) is 0 Å². The molecule has 4 rings (SSSR count). The number of fused-ring (bicyclic) bond motifs is 1. The molecule has 1 N–H and O–H groups in total. The summed E-state index contributed by atoms with van der Waals surface area (Å²) in [6, 6.07) is 3.75. The smallest absolute Gasteiger partial charge is 0.230 e. The summed E-state index contributed by atoms with van der Waals surface area (Å²) in [5, 5.41) is 14.7. The summed E-state index contributed by atoms with van der Waals surface area (Å²) >= 11 is 1.46. The number of piperazine rings is 1. The van der Waals surface area contributed by atoms with E-state index in [1.807, 2.05) is 12.1 Å². The molecule has 1 saturated heterocycles. The minimum absolute atomic E-state index is 0.0995. The Labute approximate surface area is 137 Å². The maximum Gasteiger partial charge on any atom is 0.230 e. The van der Waals surface area contributed by atoms with Crippen LogP contribution in [0.1, 0.15) is 23.6 Å². The Morgan fingerprint density at radius 1 is 1.35 bits per heavy atom. The fraction of sp³-hybridized carbons (Fsp3) is 0.467. The van der Waals surface area contributed by atoms with Crippen molar-refractivity contribution in [2.45, 2.75) is 13.0 Å². The van der Waals surface area contributed by atoms with Gasteiger partial charge >= 0.3 is 0 Å². The lowest BCUT2D eigenvalue weighted by molar-refractivity contribution is 0.105. The molecule has 1 fully saturated rings. The zero-order chi connectivity index (χ0) is 15.8. The van der Waals surface area contributed by atoms with Gasteiger partial charge in [-0.2, -0.15) is 9.61 Å². The lowest BCUT2D eigenvalue weighted by Gasteiger charge is -2.37. The van der Waals surface area contributed by atoms with E-state index in [2.05, 4.69) is 26.8 Å². The van der Waals surface area contributed by atoms with Crippen molar-refractivity contribution < 1.29 is 9.52 Å². The number of thiazole rings is 1. The summed E-state index contributed by atoms with van der Waals surface area (Å²) in [6.07, 6.45) is 3.13. The van der Waals surface area contributed by atoms with Crippen molar-refractivity contribution in [2.75, 3.05) is 32.7 Å². The van der Waals surface area contributed by atoms with E-state index in [1.54, 1.807) is 6.26 Å². The van der Waals surface area contributed by atoms with Crippen molar-refractivity contribution in [1.29, 1.82) is 0 Å². The molecule has 1 unspecified atom stereocenters. The number of aromatic nitrogens is 3. The lowest BCUT2D eigenvalue weighted by atomic mass is 10.1. The van der Waals surface area contributed by atoms with Crippen molar-refractivity contribution in [3.05, 3.63) is 35.4 Å². The van der Waals surface area contributed by atoms with Crippen LogP contribution in [-0.2, 0) is 0 Å². The maximum absolute atomic E-state index is 10.6. The Morgan fingerprint density at radius 3 is 2.83 bits per heavy atom. The Bertz CT molecular complexity index is 773. The maximum atomic E-state index is 10.6. The summed E-state index contributed by atoms with van der Waals surface area (Å²) in [5.74, 6) is 0.997. The second-order valence-corrected chi connectivity index (χ2v) is 6.64. The van der Waals surface area contributed by atoms with Gasteiger partial charge in [-0.05, 0) is 18.7 Å². The molecule has 0 saturated carbocycles. The first kappa shape index (κ1) is 14.7. The van der Waals surface area contributed by atoms with E-state index in [0.717, 1.165) is 43.4 Å². The number of aromatic hydroxyl groups is 1. The van der Waals surface area contributed by atoms with E-state index in [0.29, 0.717) is 4.96 Å². The second-order valence-electron chi connectivity index (χ2n) is 5.63. The van der Waals surface area contributed by atoms with Gasteiger partial charge in [0.05, 0.1) is 11.1 Å². The highest BCUT2D eigenvalue weighted by molar-refractivity contribution is 7.17. The van der Waals surface area contributed by atoms with E-state index in [4.69, 9.17) is 4.42 Å². The highest BCUT2D eigenvalue weighted by Crippen LogP contribution is 2.40. The molecule has 7 nitrogen and oxygen atoms in total. The topological polar surface area (TPSA) is 70.0 Å². The monoisotopic (exact) mass is 333 g/mol. The Hall–Kier alpha value is -1.90. The van der Waals surface area contributed by atoms with Crippen LogP contribution in [0.2, 0.25) is 0 Å². The highest BCUT2D eigenvalue weighted by atomic mass is 32.1. The molecule has 3 aromatic heterocycles. The Morgan fingerprint density at radius 2 is 2.17 bits per heavy atom. The summed E-state index contributed by atoms with van der Waals surface area (Å²) < 4.78 is 7.16. The average molecular weight is 333 g/mol. The first-order valence-electron chi connectivity index (χ1n) is 7.79. The van der Waals surface area contributed by atoms with Crippen molar-refractivity contribution in [3.8, 4) is 5.88 Å². The van der Waals surface area contributed by atoms with Crippen LogP contribution in [0.25, 0.3) is 4.96 Å². The number of nitrogens with zero attached hydrogens (tertiary/aromatic N) is 5. The quantitative estimate of drug-likeness (QED) is 0.785. The number of hydrogen-bond donors (Lipinski definition) is 1. The molecule has 0 amide bonds. The SMILES string of the molecule is CCN1CCN(C(c2ccco2)c2sc3ncnn3c2O)CC1. The average Bonchev–Trinajstić information content (AvgIpc) is 3.30. The van der Waals surface area contributed by atoms with Gasteiger partial charge in [0.2, 0.25) is 10.8 Å². The molecule has 0 aliphatic carbocycles. The van der Waals surface area contributed by atoms with E-state index >= 15 is 0 Å². The predicted molar refractivity (Wildman–Crippen MR) is 86.8 cm³/mol. The number of furan rings is 1. The molecule has 23 heavy (non-hydrogen) atoms. The Balaban J connectivity index is 1.71. The van der Waals surface area contributed by atoms with Crippen LogP contribution in [0.15, 0.2) is 29.1 Å². The normalized spacial score (nSPS) is 18.7. The molecule has 0 aromatic carbocycles. The highest BCUT2D eigenvalue weighted by Gasteiger charge is 2.32. The summed E-state index contributed by atoms with van der Waals surface area (Å²) in [6.45, 7) is 7.18. The fourth-order valence-electron chi connectivity index (χ4n) is 3.13. The molecule has 4 heterocycles. The molecule has 1 aliphatic rings. The van der Waals surface area contributed by atoms with Crippen LogP contribution in [0.3, 0.4) is 0 Å². The van der Waals surface area contributed by atoms with Crippen LogP contribution >= 0.6 is 11.3 Å². The van der Waals surface area contributed by atoms with Crippen LogP contribution in [-0.4, -0.2) is 62.2 Å². The predicted octanol–water partition coefficient (Wildman–Crippen LogP) is 1.82. The molecule has 122 valence electrons. The third-order valence-corrected chi connectivity index (χ3v) is 5.51. The van der Waals surface area contributed by atoms with Crippen LogP contribution in [0.4, 0.5) is 0 Å². The van der Waals surface area contributed by atoms with Crippen molar-refractivity contribution >= 4 is 16.3 Å². The molecule has 3 aromatic rings. The van der Waals surface area contributed by atoms with Crippen molar-refractivity contribution in [2.24, 2.45) is 0 Å². The lowest BCUT2D eigenvalue weighted by Crippen LogP contribution is -2.47. The zero-order valence-corrected chi connectivity index (χ0v) is 13.7. The van der Waals surface area contributed by atoms with Gasteiger partial charge in [0, 0.05) is 26.2 Å². The molecule has 8 heteroatoms. The van der Waals surface area contributed by atoms with Crippen LogP contribution in [0, 0.1) is 0 Å². The second kappa shape index (κ2) is 5.95. The summed E-state index contributed by atoms with van der Waals surface area (Å²) in [7, 11) is 0. The van der Waals surface area contributed by atoms with Crippen molar-refractivity contribution in [3.63, 3.8) is 0 Å². The van der Waals surface area contributed by atoms with Crippen molar-refractivity contribution in [1.82, 2.24) is 24.4 Å². The third-order valence-electron chi connectivity index (χ3n) is 4.42. The summed E-state index contributed by atoms with van der Waals surface area (Å²) in [4.78, 5) is 10.5. The van der Waals surface area contributed by atoms with Crippen LogP contribution < -0.4 is 0 Å². The van der Waals surface area contributed by atoms with Gasteiger partial charge in [-0.3, -0.25) is 4.90 Å². The van der Waals surface area contributed by atoms with E-state index < -0.39 is 0 Å². The van der Waals surface area contributed by atoms with Crippen LogP contribution in [0.5, 0.6) is 5.88 Å². The summed E-state index contributed by atoms with van der Waals surface area (Å²) in [5.41, 5.74) is 0. The first-order chi connectivity index (χ1) is 11.3. The molecule has 0 bridgehead atoms. The zero-order valence-electron chi connectivity index (χ0n) is 12.9. The molecule has 0 spiro atoms. The van der Waals surface area contributed by atoms with Gasteiger partial charge in [-0.25, -0.2) is 4.98 Å². The fourth-order valence-corrected chi connectivity index (χ4v) is 4.20. The molecular formula is C15H19N5O2S. The molecule has 1 aliphatic heterocycles. The van der Waals surface area contributed by atoms with Gasteiger partial charge in [-0.1, -0.05) is 18.3 Å². The standard InChI is InChI=1S/C15H19N5O2S/c1-2-18-5-7-19(8-6-18)12(11-4-3-9-22-11)13-14(21)20-15(23-13)16-10-17-20/h3-4,9-10,12,21H,2,5-8H2,1H3. The number of likely N-dealkylation sites (N-methyl/N-ethyl adjacent to an activating group) is 1. The Kier molecular flexibility index (Phi) is 3.80. The van der Waals surface area contributed by atoms with Gasteiger partial charge < -0.3 is 14.4 Å².